The quantitative estimate of drug-likeness (QED) is 0.793. The summed E-state index contributed by atoms with van der Waals surface area (Å²) in [6, 6.07) is 0.393. The Hall–Kier alpha value is -1.72. The molecule has 2 aliphatic rings. The molecule has 0 amide bonds. The molecule has 1 aromatic rings. The summed E-state index contributed by atoms with van der Waals surface area (Å²) in [5, 5.41) is 16.7. The third-order valence-corrected chi connectivity index (χ3v) is 3.72. The van der Waals surface area contributed by atoms with Gasteiger partial charge in [0.15, 0.2) is 11.5 Å². The van der Waals surface area contributed by atoms with E-state index in [1.807, 2.05) is 7.05 Å². The zero-order chi connectivity index (χ0) is 12.2. The van der Waals surface area contributed by atoms with Gasteiger partial charge in [-0.15, -0.1) is 0 Å². The maximum absolute atomic E-state index is 11.3. The fraction of sp³-hybridized carbons (Fsp3) is 0.636. The Balaban J connectivity index is 2.05. The molecular formula is C11H16N4O2. The first kappa shape index (κ1) is 10.4. The van der Waals surface area contributed by atoms with E-state index >= 15 is 0 Å². The van der Waals surface area contributed by atoms with Crippen molar-refractivity contribution in [1.29, 1.82) is 0 Å². The molecule has 3 rings (SSSR count). The summed E-state index contributed by atoms with van der Waals surface area (Å²) < 4.78 is 1.44. The lowest BCUT2D eigenvalue weighted by atomic mass is 10.1. The van der Waals surface area contributed by atoms with Gasteiger partial charge in [-0.25, -0.2) is 4.79 Å². The lowest BCUT2D eigenvalue weighted by Crippen LogP contribution is -2.43. The Morgan fingerprint density at radius 2 is 2.18 bits per heavy atom. The van der Waals surface area contributed by atoms with Crippen molar-refractivity contribution in [3.8, 4) is 0 Å². The molecular weight excluding hydrogens is 220 g/mol. The van der Waals surface area contributed by atoms with Crippen molar-refractivity contribution in [2.45, 2.75) is 18.9 Å². The molecule has 1 saturated carbocycles. The van der Waals surface area contributed by atoms with Gasteiger partial charge in [-0.05, 0) is 18.8 Å². The topological polar surface area (TPSA) is 70.4 Å². The van der Waals surface area contributed by atoms with E-state index in [0.717, 1.165) is 12.2 Å². The fourth-order valence-electron chi connectivity index (χ4n) is 2.67. The third-order valence-electron chi connectivity index (χ3n) is 3.72. The van der Waals surface area contributed by atoms with Gasteiger partial charge in [0.05, 0.1) is 0 Å². The average molecular weight is 236 g/mol. The number of anilines is 2. The number of nitrogens with zero attached hydrogens (tertiary/aromatic N) is 3. The highest BCUT2D eigenvalue weighted by atomic mass is 16.4. The average Bonchev–Trinajstić information content (AvgIpc) is 3.01. The van der Waals surface area contributed by atoms with Crippen LogP contribution in [0.25, 0.3) is 0 Å². The molecule has 0 radical (unpaired) electrons. The standard InChI is InChI=1S/C11H16N4O2/c1-14-7(6-3-4-6)5-12-10-8(14)9(11(16)17)15(2)13-10/h6-7H,3-5H2,1-2H3,(H,12,13)(H,16,17). The molecule has 1 aliphatic heterocycles. The molecule has 92 valence electrons. The molecule has 1 aliphatic carbocycles. The number of fused-ring (bicyclic) bond motifs is 1. The van der Waals surface area contributed by atoms with Gasteiger partial charge in [0.1, 0.15) is 5.69 Å². The number of aryl methyl sites for hydroxylation is 1. The van der Waals surface area contributed by atoms with Crippen LogP contribution in [0.2, 0.25) is 0 Å². The van der Waals surface area contributed by atoms with Crippen molar-refractivity contribution in [1.82, 2.24) is 9.78 Å². The summed E-state index contributed by atoms with van der Waals surface area (Å²) in [6.45, 7) is 0.851. The van der Waals surface area contributed by atoms with Crippen LogP contribution >= 0.6 is 0 Å². The number of nitrogens with one attached hydrogen (secondary N) is 1. The van der Waals surface area contributed by atoms with E-state index in [9.17, 15) is 9.90 Å². The number of carboxylic acid groups (broad SMARTS) is 1. The molecule has 2 heterocycles. The Morgan fingerprint density at radius 1 is 1.47 bits per heavy atom. The maximum Gasteiger partial charge on any atom is 0.356 e. The highest BCUT2D eigenvalue weighted by molar-refractivity contribution is 5.96. The number of carbonyl (C=O) groups is 1. The summed E-state index contributed by atoms with van der Waals surface area (Å²) in [6.07, 6.45) is 2.49. The van der Waals surface area contributed by atoms with Crippen LogP contribution in [-0.4, -0.2) is 40.5 Å². The van der Waals surface area contributed by atoms with Crippen molar-refractivity contribution in [2.24, 2.45) is 13.0 Å². The molecule has 6 nitrogen and oxygen atoms in total. The number of aromatic nitrogens is 2. The SMILES string of the molecule is CN1c2c(nn(C)c2C(=O)O)NCC1C1CC1. The minimum atomic E-state index is -0.925. The van der Waals surface area contributed by atoms with Gasteiger partial charge < -0.3 is 15.3 Å². The molecule has 6 heteroatoms. The molecule has 2 N–H and O–H groups in total. The van der Waals surface area contributed by atoms with Crippen molar-refractivity contribution in [3.63, 3.8) is 0 Å². The largest absolute Gasteiger partial charge is 0.476 e. The second kappa shape index (κ2) is 3.38. The fourth-order valence-corrected chi connectivity index (χ4v) is 2.67. The van der Waals surface area contributed by atoms with E-state index in [4.69, 9.17) is 0 Å². The number of likely N-dealkylation sites (N-methyl/N-ethyl adjacent to an activating group) is 1. The summed E-state index contributed by atoms with van der Waals surface area (Å²) in [7, 11) is 3.64. The van der Waals surface area contributed by atoms with Gasteiger partial charge in [0.25, 0.3) is 0 Å². The number of carboxylic acids is 1. The van der Waals surface area contributed by atoms with E-state index in [-0.39, 0.29) is 5.69 Å². The summed E-state index contributed by atoms with van der Waals surface area (Å²) in [5.41, 5.74) is 0.989. The van der Waals surface area contributed by atoms with Crippen LogP contribution in [0.4, 0.5) is 11.5 Å². The normalized spacial score (nSPS) is 23.2. The highest BCUT2D eigenvalue weighted by Crippen LogP contribution is 2.41. The van der Waals surface area contributed by atoms with Gasteiger partial charge in [0, 0.05) is 26.7 Å². The van der Waals surface area contributed by atoms with Crippen LogP contribution < -0.4 is 10.2 Å². The van der Waals surface area contributed by atoms with Crippen molar-refractivity contribution in [3.05, 3.63) is 5.69 Å². The molecule has 0 spiro atoms. The molecule has 0 saturated heterocycles. The predicted octanol–water partition coefficient (Wildman–Crippen LogP) is 0.759. The van der Waals surface area contributed by atoms with E-state index in [2.05, 4.69) is 15.3 Å². The summed E-state index contributed by atoms with van der Waals surface area (Å²) in [4.78, 5) is 13.4. The number of hydrogen-bond donors (Lipinski definition) is 2. The van der Waals surface area contributed by atoms with Crippen molar-refractivity contribution >= 4 is 17.5 Å². The molecule has 1 aromatic heterocycles. The minimum absolute atomic E-state index is 0.264. The van der Waals surface area contributed by atoms with E-state index in [1.54, 1.807) is 7.05 Å². The maximum atomic E-state index is 11.3. The predicted molar refractivity (Wildman–Crippen MR) is 63.6 cm³/mol. The zero-order valence-electron chi connectivity index (χ0n) is 9.97. The van der Waals surface area contributed by atoms with E-state index in [1.165, 1.54) is 17.5 Å². The lowest BCUT2D eigenvalue weighted by Gasteiger charge is -2.34. The van der Waals surface area contributed by atoms with Crippen LogP contribution in [-0.2, 0) is 7.05 Å². The molecule has 1 atom stereocenters. The van der Waals surface area contributed by atoms with Crippen LogP contribution in [0.3, 0.4) is 0 Å². The Morgan fingerprint density at radius 3 is 2.76 bits per heavy atom. The smallest absolute Gasteiger partial charge is 0.356 e. The lowest BCUT2D eigenvalue weighted by molar-refractivity contribution is 0.0685. The van der Waals surface area contributed by atoms with Crippen LogP contribution in [0.1, 0.15) is 23.3 Å². The van der Waals surface area contributed by atoms with Gasteiger partial charge in [-0.2, -0.15) is 5.10 Å². The van der Waals surface area contributed by atoms with Crippen LogP contribution in [0.5, 0.6) is 0 Å². The van der Waals surface area contributed by atoms with Crippen molar-refractivity contribution in [2.75, 3.05) is 23.8 Å². The first-order valence-corrected chi connectivity index (χ1v) is 5.86. The molecule has 0 bridgehead atoms. The number of aromatic carboxylic acids is 1. The number of rotatable bonds is 2. The van der Waals surface area contributed by atoms with E-state index in [0.29, 0.717) is 17.8 Å². The Bertz CT molecular complexity index is 478. The summed E-state index contributed by atoms with van der Waals surface area (Å²) >= 11 is 0. The first-order chi connectivity index (χ1) is 8.09. The van der Waals surface area contributed by atoms with Gasteiger partial charge >= 0.3 is 5.97 Å². The van der Waals surface area contributed by atoms with Crippen molar-refractivity contribution < 1.29 is 9.90 Å². The number of hydrogen-bond acceptors (Lipinski definition) is 4. The Kier molecular flexibility index (Phi) is 2.08. The van der Waals surface area contributed by atoms with Gasteiger partial charge in [-0.3, -0.25) is 4.68 Å². The second-order valence-electron chi connectivity index (χ2n) is 4.87. The zero-order valence-corrected chi connectivity index (χ0v) is 9.97. The third kappa shape index (κ3) is 1.47. The van der Waals surface area contributed by atoms with Crippen LogP contribution in [0, 0.1) is 5.92 Å². The first-order valence-electron chi connectivity index (χ1n) is 5.86. The Labute approximate surface area is 99.2 Å². The van der Waals surface area contributed by atoms with Gasteiger partial charge in [-0.1, -0.05) is 0 Å². The second-order valence-corrected chi connectivity index (χ2v) is 4.87. The monoisotopic (exact) mass is 236 g/mol. The summed E-state index contributed by atoms with van der Waals surface area (Å²) in [5.74, 6) is 0.457. The van der Waals surface area contributed by atoms with Gasteiger partial charge in [0.2, 0.25) is 0 Å². The van der Waals surface area contributed by atoms with Crippen LogP contribution in [0.15, 0.2) is 0 Å². The molecule has 1 unspecified atom stereocenters. The molecule has 17 heavy (non-hydrogen) atoms. The highest BCUT2D eigenvalue weighted by Gasteiger charge is 2.40. The molecule has 0 aromatic carbocycles. The van der Waals surface area contributed by atoms with E-state index < -0.39 is 5.97 Å². The molecule has 1 fully saturated rings. The minimum Gasteiger partial charge on any atom is -0.476 e.